The van der Waals surface area contributed by atoms with Gasteiger partial charge in [-0.2, -0.15) is 13.2 Å². The molecule has 36 heavy (non-hydrogen) atoms. The second-order valence-electron chi connectivity index (χ2n) is 9.10. The van der Waals surface area contributed by atoms with Crippen LogP contribution in [0.4, 0.5) is 18.0 Å². The number of amides is 1. The number of rotatable bonds is 7. The lowest BCUT2D eigenvalue weighted by Crippen LogP contribution is -2.32. The van der Waals surface area contributed by atoms with E-state index in [2.05, 4.69) is 10.3 Å². The minimum absolute atomic E-state index is 0.0472. The number of carbonyl (C=O) groups excluding carboxylic acids is 2. The molecule has 0 aliphatic rings. The highest BCUT2D eigenvalue weighted by Crippen LogP contribution is 2.40. The van der Waals surface area contributed by atoms with Crippen LogP contribution in [0.15, 0.2) is 40.9 Å². The Morgan fingerprint density at radius 3 is 2.50 bits per heavy atom. The van der Waals surface area contributed by atoms with Gasteiger partial charge in [-0.25, -0.2) is 9.59 Å². The van der Waals surface area contributed by atoms with Crippen LogP contribution in [0.1, 0.15) is 49.4 Å². The number of benzene rings is 1. The van der Waals surface area contributed by atoms with Gasteiger partial charge in [0.1, 0.15) is 23.2 Å². The van der Waals surface area contributed by atoms with Gasteiger partial charge in [-0.1, -0.05) is 0 Å². The Morgan fingerprint density at radius 2 is 1.86 bits per heavy atom. The first kappa shape index (κ1) is 27.0. The molecule has 3 aromatic rings. The molecule has 0 saturated carbocycles. The molecule has 11 heteroatoms. The van der Waals surface area contributed by atoms with Crippen molar-refractivity contribution in [3.05, 3.63) is 53.4 Å². The van der Waals surface area contributed by atoms with Crippen LogP contribution in [0, 0.1) is 0 Å². The number of alkyl halides is 3. The maximum absolute atomic E-state index is 13.9. The second-order valence-corrected chi connectivity index (χ2v) is 9.10. The molecule has 1 unspecified atom stereocenters. The summed E-state index contributed by atoms with van der Waals surface area (Å²) in [5.74, 6) is -0.512. The molecule has 1 N–H and O–H groups in total. The molecule has 0 radical (unpaired) electrons. The molecule has 1 aromatic carbocycles. The predicted molar refractivity (Wildman–Crippen MR) is 124 cm³/mol. The van der Waals surface area contributed by atoms with Crippen LogP contribution in [0.3, 0.4) is 0 Å². The topological polar surface area (TPSA) is 99.9 Å². The van der Waals surface area contributed by atoms with Crippen LogP contribution in [0.2, 0.25) is 0 Å². The molecule has 2 aromatic heterocycles. The van der Waals surface area contributed by atoms with E-state index in [0.29, 0.717) is 0 Å². The number of hydrogen-bond donors (Lipinski definition) is 1. The summed E-state index contributed by atoms with van der Waals surface area (Å²) in [7, 11) is 1.47. The molecule has 194 valence electrons. The number of methoxy groups -OCH3 is 1. The molecule has 3 rings (SSSR count). The molecule has 0 aliphatic heterocycles. The highest BCUT2D eigenvalue weighted by Gasteiger charge is 2.35. The Bertz CT molecular complexity index is 1250. The van der Waals surface area contributed by atoms with E-state index >= 15 is 0 Å². The average Bonchev–Trinajstić information content (AvgIpc) is 3.23. The number of alkyl carbamates (subject to hydrolysis) is 1. The highest BCUT2D eigenvalue weighted by atomic mass is 19.4. The zero-order valence-electron chi connectivity index (χ0n) is 20.5. The molecular weight excluding hydrogens is 481 g/mol. The molecule has 2 heterocycles. The fourth-order valence-corrected chi connectivity index (χ4v) is 3.34. The Kier molecular flexibility index (Phi) is 7.92. The first-order valence-electron chi connectivity index (χ1n) is 11.0. The van der Waals surface area contributed by atoms with Crippen molar-refractivity contribution >= 4 is 23.0 Å². The number of furan rings is 1. The third-order valence-electron chi connectivity index (χ3n) is 4.80. The van der Waals surface area contributed by atoms with Crippen LogP contribution in [-0.4, -0.2) is 42.5 Å². The minimum Gasteiger partial charge on any atom is -0.459 e. The third kappa shape index (κ3) is 6.97. The second kappa shape index (κ2) is 10.6. The van der Waals surface area contributed by atoms with E-state index in [9.17, 15) is 22.8 Å². The number of nitrogens with zero attached hydrogens (tertiary/aromatic N) is 1. The van der Waals surface area contributed by atoms with Crippen molar-refractivity contribution in [2.75, 3.05) is 13.7 Å². The number of hydrogen-bond acceptors (Lipinski definition) is 7. The summed E-state index contributed by atoms with van der Waals surface area (Å²) >= 11 is 0. The van der Waals surface area contributed by atoms with Crippen LogP contribution in [-0.2, 0) is 26.9 Å². The lowest BCUT2D eigenvalue weighted by molar-refractivity contribution is -0.137. The molecule has 0 spiro atoms. The van der Waals surface area contributed by atoms with Crippen LogP contribution >= 0.6 is 0 Å². The first-order chi connectivity index (χ1) is 16.8. The number of carbonyl (C=O) groups is 2. The smallest absolute Gasteiger partial charge is 0.417 e. The van der Waals surface area contributed by atoms with Gasteiger partial charge in [-0.3, -0.25) is 4.98 Å². The maximum atomic E-state index is 13.9. The lowest BCUT2D eigenvalue weighted by atomic mass is 10.0. The van der Waals surface area contributed by atoms with Gasteiger partial charge in [-0.05, 0) is 58.0 Å². The molecule has 0 saturated heterocycles. The van der Waals surface area contributed by atoms with Crippen molar-refractivity contribution in [3.63, 3.8) is 0 Å². The zero-order chi connectivity index (χ0) is 26.7. The van der Waals surface area contributed by atoms with Crippen LogP contribution in [0.25, 0.3) is 22.2 Å². The Labute approximate surface area is 205 Å². The van der Waals surface area contributed by atoms with Crippen LogP contribution in [0.5, 0.6) is 0 Å². The number of nitrogens with one attached hydrogen (secondary N) is 1. The zero-order valence-corrected chi connectivity index (χ0v) is 20.5. The largest absolute Gasteiger partial charge is 0.459 e. The summed E-state index contributed by atoms with van der Waals surface area (Å²) < 4.78 is 62.5. The van der Waals surface area contributed by atoms with Gasteiger partial charge < -0.3 is 23.9 Å². The van der Waals surface area contributed by atoms with Crippen molar-refractivity contribution in [3.8, 4) is 11.3 Å². The van der Waals surface area contributed by atoms with E-state index in [1.54, 1.807) is 27.7 Å². The van der Waals surface area contributed by atoms with Gasteiger partial charge in [0.25, 0.3) is 0 Å². The van der Waals surface area contributed by atoms with Crippen LogP contribution < -0.4 is 5.32 Å². The van der Waals surface area contributed by atoms with Gasteiger partial charge in [0.2, 0.25) is 0 Å². The summed E-state index contributed by atoms with van der Waals surface area (Å²) in [6, 6.07) is 6.39. The molecule has 8 nitrogen and oxygen atoms in total. The standard InChI is InChI=1S/C25H27F3N2O6/c1-14(13-33-5)34-22(31)16-8-15-9-18(19(25(26,27)28)10-20(15)29-11-16)21-7-6-17(35-21)12-30-23(32)36-24(2,3)4/h6-11,14H,12-13H2,1-5H3,(H,30,32). The molecular formula is C25H27F3N2O6. The van der Waals surface area contributed by atoms with Crippen molar-refractivity contribution < 1.29 is 41.4 Å². The number of aromatic nitrogens is 1. The molecule has 0 aliphatic carbocycles. The molecule has 0 bridgehead atoms. The van der Waals surface area contributed by atoms with Gasteiger partial charge in [0.05, 0.1) is 29.8 Å². The average molecular weight is 508 g/mol. The fourth-order valence-electron chi connectivity index (χ4n) is 3.34. The number of halogens is 3. The molecule has 1 atom stereocenters. The van der Waals surface area contributed by atoms with E-state index in [-0.39, 0.29) is 46.7 Å². The molecule has 1 amide bonds. The number of esters is 1. The Balaban J connectivity index is 1.92. The van der Waals surface area contributed by atoms with Gasteiger partial charge in [0, 0.05) is 24.3 Å². The Morgan fingerprint density at radius 1 is 1.14 bits per heavy atom. The van der Waals surface area contributed by atoms with Crippen molar-refractivity contribution in [2.45, 2.75) is 52.1 Å². The van der Waals surface area contributed by atoms with E-state index in [1.165, 1.54) is 31.4 Å². The number of pyridine rings is 1. The fraction of sp³-hybridized carbons (Fsp3) is 0.400. The monoisotopic (exact) mass is 508 g/mol. The number of fused-ring (bicyclic) bond motifs is 1. The minimum atomic E-state index is -4.69. The van der Waals surface area contributed by atoms with Crippen molar-refractivity contribution in [1.82, 2.24) is 10.3 Å². The third-order valence-corrected chi connectivity index (χ3v) is 4.80. The SMILES string of the molecule is COCC(C)OC(=O)c1cnc2cc(C(F)(F)F)c(-c3ccc(CNC(=O)OC(C)(C)C)o3)cc2c1. The normalized spacial score (nSPS) is 12.9. The van der Waals surface area contributed by atoms with Crippen molar-refractivity contribution in [1.29, 1.82) is 0 Å². The Hall–Kier alpha value is -3.60. The summed E-state index contributed by atoms with van der Waals surface area (Å²) in [5, 5.41) is 2.78. The highest BCUT2D eigenvalue weighted by molar-refractivity contribution is 5.95. The summed E-state index contributed by atoms with van der Waals surface area (Å²) in [5.41, 5.74) is -1.76. The first-order valence-corrected chi connectivity index (χ1v) is 11.0. The number of ether oxygens (including phenoxy) is 3. The maximum Gasteiger partial charge on any atom is 0.417 e. The van der Waals surface area contributed by atoms with E-state index in [1.807, 2.05) is 0 Å². The van der Waals surface area contributed by atoms with E-state index in [4.69, 9.17) is 18.6 Å². The summed E-state index contributed by atoms with van der Waals surface area (Å²) in [6.45, 7) is 6.87. The summed E-state index contributed by atoms with van der Waals surface area (Å²) in [6.07, 6.45) is -4.73. The predicted octanol–water partition coefficient (Wildman–Crippen LogP) is 5.73. The quantitative estimate of drug-likeness (QED) is 0.407. The van der Waals surface area contributed by atoms with Gasteiger partial charge in [0.15, 0.2) is 0 Å². The van der Waals surface area contributed by atoms with Crippen molar-refractivity contribution in [2.24, 2.45) is 0 Å². The van der Waals surface area contributed by atoms with Gasteiger partial charge >= 0.3 is 18.2 Å². The van der Waals surface area contributed by atoms with E-state index in [0.717, 1.165) is 12.3 Å². The summed E-state index contributed by atoms with van der Waals surface area (Å²) in [4.78, 5) is 28.3. The lowest BCUT2D eigenvalue weighted by Gasteiger charge is -2.19. The van der Waals surface area contributed by atoms with Gasteiger partial charge in [-0.15, -0.1) is 0 Å². The molecule has 0 fully saturated rings. The van der Waals surface area contributed by atoms with E-state index < -0.39 is 35.5 Å².